The molecular formula is C13H16BrNO2. The maximum Gasteiger partial charge on any atom is 0.165 e. The maximum atomic E-state index is 6.42. The number of nitrogens with two attached hydrogens (primary N) is 1. The van der Waals surface area contributed by atoms with Crippen molar-refractivity contribution >= 4 is 15.9 Å². The highest BCUT2D eigenvalue weighted by Gasteiger charge is 2.38. The minimum Gasteiger partial charge on any atom is -0.493 e. The third-order valence-corrected chi connectivity index (χ3v) is 4.78. The van der Waals surface area contributed by atoms with E-state index >= 15 is 0 Å². The molecule has 1 fully saturated rings. The van der Waals surface area contributed by atoms with Gasteiger partial charge in [0.2, 0.25) is 0 Å². The van der Waals surface area contributed by atoms with E-state index in [-0.39, 0.29) is 5.54 Å². The highest BCUT2D eigenvalue weighted by atomic mass is 79.9. The SMILES string of the molecule is COc1cc(C2(N)CCC2)c(Br)c2c1OCC2. The van der Waals surface area contributed by atoms with Crippen LogP contribution in [0.4, 0.5) is 0 Å². The Morgan fingerprint density at radius 2 is 2.24 bits per heavy atom. The second kappa shape index (κ2) is 3.89. The summed E-state index contributed by atoms with van der Waals surface area (Å²) in [7, 11) is 1.68. The molecule has 17 heavy (non-hydrogen) atoms. The number of hydrogen-bond acceptors (Lipinski definition) is 3. The summed E-state index contributed by atoms with van der Waals surface area (Å²) in [6.45, 7) is 0.727. The van der Waals surface area contributed by atoms with Crippen LogP contribution in [0.15, 0.2) is 10.5 Å². The number of hydrogen-bond donors (Lipinski definition) is 1. The van der Waals surface area contributed by atoms with Crippen LogP contribution >= 0.6 is 15.9 Å². The minimum atomic E-state index is -0.177. The van der Waals surface area contributed by atoms with Gasteiger partial charge in [0.25, 0.3) is 0 Å². The van der Waals surface area contributed by atoms with Crippen molar-refractivity contribution < 1.29 is 9.47 Å². The molecule has 3 nitrogen and oxygen atoms in total. The van der Waals surface area contributed by atoms with Gasteiger partial charge in [0, 0.05) is 22.0 Å². The van der Waals surface area contributed by atoms with E-state index in [0.29, 0.717) is 0 Å². The highest BCUT2D eigenvalue weighted by Crippen LogP contribution is 2.49. The van der Waals surface area contributed by atoms with Gasteiger partial charge in [0.05, 0.1) is 13.7 Å². The van der Waals surface area contributed by atoms with Crippen LogP contribution in [0, 0.1) is 0 Å². The minimum absolute atomic E-state index is 0.177. The largest absolute Gasteiger partial charge is 0.493 e. The van der Waals surface area contributed by atoms with Crippen LogP contribution in [0.1, 0.15) is 30.4 Å². The van der Waals surface area contributed by atoms with Crippen molar-refractivity contribution in [1.29, 1.82) is 0 Å². The quantitative estimate of drug-likeness (QED) is 0.913. The van der Waals surface area contributed by atoms with E-state index in [1.807, 2.05) is 6.07 Å². The molecule has 2 aliphatic rings. The molecule has 1 saturated carbocycles. The Bertz CT molecular complexity index is 469. The predicted octanol–water partition coefficient (Wildman–Crippen LogP) is 2.73. The number of methoxy groups -OCH3 is 1. The topological polar surface area (TPSA) is 44.5 Å². The van der Waals surface area contributed by atoms with Crippen molar-refractivity contribution in [3.8, 4) is 11.5 Å². The fourth-order valence-corrected chi connectivity index (χ4v) is 3.54. The van der Waals surface area contributed by atoms with Crippen molar-refractivity contribution in [2.24, 2.45) is 5.73 Å². The van der Waals surface area contributed by atoms with Crippen molar-refractivity contribution in [1.82, 2.24) is 0 Å². The smallest absolute Gasteiger partial charge is 0.165 e. The summed E-state index contributed by atoms with van der Waals surface area (Å²) in [5.74, 6) is 1.69. The molecular weight excluding hydrogens is 282 g/mol. The molecule has 0 saturated heterocycles. The first-order valence-electron chi connectivity index (χ1n) is 5.97. The number of benzene rings is 1. The molecule has 3 rings (SSSR count). The first-order valence-corrected chi connectivity index (χ1v) is 6.76. The molecule has 1 aromatic carbocycles. The Labute approximate surface area is 109 Å². The molecule has 0 aromatic heterocycles. The van der Waals surface area contributed by atoms with Crippen molar-refractivity contribution in [2.45, 2.75) is 31.2 Å². The molecule has 1 heterocycles. The fraction of sp³-hybridized carbons (Fsp3) is 0.538. The van der Waals surface area contributed by atoms with Gasteiger partial charge in [0.1, 0.15) is 0 Å². The van der Waals surface area contributed by atoms with E-state index in [1.165, 1.54) is 17.5 Å². The maximum absolute atomic E-state index is 6.42. The van der Waals surface area contributed by atoms with Crippen molar-refractivity contribution in [3.05, 3.63) is 21.7 Å². The predicted molar refractivity (Wildman–Crippen MR) is 69.6 cm³/mol. The molecule has 2 N–H and O–H groups in total. The molecule has 0 unspecified atom stereocenters. The average molecular weight is 298 g/mol. The van der Waals surface area contributed by atoms with Gasteiger partial charge in [-0.1, -0.05) is 15.9 Å². The molecule has 1 aromatic rings. The van der Waals surface area contributed by atoms with Crippen LogP contribution in [0.2, 0.25) is 0 Å². The van der Waals surface area contributed by atoms with Gasteiger partial charge in [-0.3, -0.25) is 0 Å². The van der Waals surface area contributed by atoms with Gasteiger partial charge >= 0.3 is 0 Å². The Kier molecular flexibility index (Phi) is 2.60. The molecule has 92 valence electrons. The zero-order valence-corrected chi connectivity index (χ0v) is 11.5. The first-order chi connectivity index (χ1) is 8.15. The second-order valence-electron chi connectivity index (χ2n) is 4.86. The Morgan fingerprint density at radius 3 is 2.82 bits per heavy atom. The van der Waals surface area contributed by atoms with Crippen LogP contribution in [0.25, 0.3) is 0 Å². The molecule has 0 spiro atoms. The van der Waals surface area contributed by atoms with E-state index in [9.17, 15) is 0 Å². The van der Waals surface area contributed by atoms with E-state index in [1.54, 1.807) is 7.11 Å². The monoisotopic (exact) mass is 297 g/mol. The van der Waals surface area contributed by atoms with E-state index in [2.05, 4.69) is 15.9 Å². The zero-order valence-electron chi connectivity index (χ0n) is 9.88. The third-order valence-electron chi connectivity index (χ3n) is 3.88. The molecule has 0 bridgehead atoms. The zero-order chi connectivity index (χ0) is 12.0. The third kappa shape index (κ3) is 1.58. The van der Waals surface area contributed by atoms with Gasteiger partial charge < -0.3 is 15.2 Å². The average Bonchev–Trinajstić information content (AvgIpc) is 2.76. The Balaban J connectivity index is 2.16. The van der Waals surface area contributed by atoms with Crippen LogP contribution in [0.5, 0.6) is 11.5 Å². The second-order valence-corrected chi connectivity index (χ2v) is 5.65. The Hall–Kier alpha value is -0.740. The summed E-state index contributed by atoms with van der Waals surface area (Å²) in [6, 6.07) is 2.04. The van der Waals surface area contributed by atoms with Gasteiger partial charge in [-0.2, -0.15) is 0 Å². The van der Waals surface area contributed by atoms with Gasteiger partial charge in [-0.25, -0.2) is 0 Å². The van der Waals surface area contributed by atoms with Crippen LogP contribution in [-0.2, 0) is 12.0 Å². The summed E-state index contributed by atoms with van der Waals surface area (Å²) >= 11 is 3.69. The summed E-state index contributed by atoms with van der Waals surface area (Å²) < 4.78 is 12.2. The van der Waals surface area contributed by atoms with Gasteiger partial charge in [-0.05, 0) is 30.9 Å². The summed E-state index contributed by atoms with van der Waals surface area (Å²) in [6.07, 6.45) is 4.23. The van der Waals surface area contributed by atoms with Crippen LogP contribution in [-0.4, -0.2) is 13.7 Å². The lowest BCUT2D eigenvalue weighted by atomic mass is 9.72. The van der Waals surface area contributed by atoms with Crippen molar-refractivity contribution in [3.63, 3.8) is 0 Å². The van der Waals surface area contributed by atoms with Gasteiger partial charge in [-0.15, -0.1) is 0 Å². The number of ether oxygens (including phenoxy) is 2. The number of rotatable bonds is 2. The number of fused-ring (bicyclic) bond motifs is 1. The van der Waals surface area contributed by atoms with Gasteiger partial charge in [0.15, 0.2) is 11.5 Å². The van der Waals surface area contributed by atoms with Crippen molar-refractivity contribution in [2.75, 3.05) is 13.7 Å². The van der Waals surface area contributed by atoms with Crippen LogP contribution < -0.4 is 15.2 Å². The van der Waals surface area contributed by atoms with E-state index < -0.39 is 0 Å². The first kappa shape index (κ1) is 11.4. The molecule has 0 amide bonds. The fourth-order valence-electron chi connectivity index (χ4n) is 2.65. The lowest BCUT2D eigenvalue weighted by Gasteiger charge is -2.39. The van der Waals surface area contributed by atoms with E-state index in [4.69, 9.17) is 15.2 Å². The summed E-state index contributed by atoms with van der Waals surface area (Å²) in [4.78, 5) is 0. The molecule has 1 aliphatic heterocycles. The molecule has 0 atom stereocenters. The summed E-state index contributed by atoms with van der Waals surface area (Å²) in [5, 5.41) is 0. The normalized spacial score (nSPS) is 20.4. The molecule has 1 aliphatic carbocycles. The Morgan fingerprint density at radius 1 is 1.47 bits per heavy atom. The number of halogens is 1. The highest BCUT2D eigenvalue weighted by molar-refractivity contribution is 9.10. The lowest BCUT2D eigenvalue weighted by molar-refractivity contribution is 0.251. The summed E-state index contributed by atoms with van der Waals surface area (Å²) in [5.41, 5.74) is 8.62. The van der Waals surface area contributed by atoms with Crippen LogP contribution in [0.3, 0.4) is 0 Å². The van der Waals surface area contributed by atoms with E-state index in [0.717, 1.165) is 41.8 Å². The lowest BCUT2D eigenvalue weighted by Crippen LogP contribution is -2.43. The molecule has 0 radical (unpaired) electrons. The molecule has 4 heteroatoms. The standard InChI is InChI=1S/C13H16BrNO2/c1-16-10-7-9(13(15)4-2-5-13)11(14)8-3-6-17-12(8)10/h7H,2-6,15H2,1H3.